The van der Waals surface area contributed by atoms with E-state index >= 15 is 0 Å². The van der Waals surface area contributed by atoms with Crippen LogP contribution in [0, 0.1) is 6.92 Å². The molecule has 1 aliphatic rings. The van der Waals surface area contributed by atoms with Gasteiger partial charge in [-0.05, 0) is 44.4 Å². The van der Waals surface area contributed by atoms with E-state index in [9.17, 15) is 0 Å². The molecule has 0 radical (unpaired) electrons. The van der Waals surface area contributed by atoms with E-state index < -0.39 is 0 Å². The summed E-state index contributed by atoms with van der Waals surface area (Å²) in [4.78, 5) is 0. The Morgan fingerprint density at radius 1 is 0.950 bits per heavy atom. The van der Waals surface area contributed by atoms with Crippen LogP contribution in [-0.2, 0) is 5.41 Å². The first-order valence-corrected chi connectivity index (χ1v) is 7.36. The molecule has 3 rings (SSSR count). The number of rotatable bonds is 1. The van der Waals surface area contributed by atoms with Crippen LogP contribution in [0.3, 0.4) is 0 Å². The van der Waals surface area contributed by atoms with Crippen molar-refractivity contribution in [3.63, 3.8) is 0 Å². The van der Waals surface area contributed by atoms with Gasteiger partial charge >= 0.3 is 0 Å². The minimum atomic E-state index is 0.0668. The van der Waals surface area contributed by atoms with E-state index in [2.05, 4.69) is 81.5 Å². The summed E-state index contributed by atoms with van der Waals surface area (Å²) in [7, 11) is 0. The van der Waals surface area contributed by atoms with Crippen LogP contribution in [0.2, 0.25) is 0 Å². The first-order chi connectivity index (χ1) is 9.41. The van der Waals surface area contributed by atoms with Crippen molar-refractivity contribution in [1.82, 2.24) is 0 Å². The van der Waals surface area contributed by atoms with E-state index in [1.807, 2.05) is 0 Å². The van der Waals surface area contributed by atoms with Gasteiger partial charge in [-0.1, -0.05) is 55.0 Å². The van der Waals surface area contributed by atoms with Crippen LogP contribution in [0.5, 0.6) is 0 Å². The second-order valence-electron chi connectivity index (χ2n) is 6.93. The standard InChI is InChI=1S/C19H23N/c1-14-10-11-17-16(12-14)19(4,13-18(2,3)20-17)15-8-6-5-7-9-15/h5-12,20H,13H2,1-4H3/t19-/m1/s1. The lowest BCUT2D eigenvalue weighted by molar-refractivity contribution is 0.378. The SMILES string of the molecule is Cc1ccc2c(c1)[C@@](C)(c1ccccc1)CC(C)(C)N2. The largest absolute Gasteiger partial charge is 0.380 e. The monoisotopic (exact) mass is 265 g/mol. The lowest BCUT2D eigenvalue weighted by Crippen LogP contribution is -2.45. The Morgan fingerprint density at radius 3 is 2.35 bits per heavy atom. The van der Waals surface area contributed by atoms with Crippen molar-refractivity contribution in [3.8, 4) is 0 Å². The Bertz CT molecular complexity index is 627. The van der Waals surface area contributed by atoms with E-state index in [4.69, 9.17) is 0 Å². The minimum Gasteiger partial charge on any atom is -0.380 e. The highest BCUT2D eigenvalue weighted by molar-refractivity contribution is 5.63. The van der Waals surface area contributed by atoms with Gasteiger partial charge in [-0.3, -0.25) is 0 Å². The fourth-order valence-electron chi connectivity index (χ4n) is 3.68. The van der Waals surface area contributed by atoms with Gasteiger partial charge in [0.1, 0.15) is 0 Å². The average molecular weight is 265 g/mol. The maximum atomic E-state index is 3.69. The van der Waals surface area contributed by atoms with Crippen molar-refractivity contribution in [1.29, 1.82) is 0 Å². The number of aryl methyl sites for hydroxylation is 1. The van der Waals surface area contributed by atoms with Crippen molar-refractivity contribution in [3.05, 3.63) is 65.2 Å². The highest BCUT2D eigenvalue weighted by Gasteiger charge is 2.41. The molecule has 2 aromatic carbocycles. The van der Waals surface area contributed by atoms with E-state index in [1.165, 1.54) is 22.4 Å². The normalized spacial score (nSPS) is 23.8. The topological polar surface area (TPSA) is 12.0 Å². The number of anilines is 1. The van der Waals surface area contributed by atoms with Crippen LogP contribution in [-0.4, -0.2) is 5.54 Å². The Morgan fingerprint density at radius 2 is 1.65 bits per heavy atom. The number of hydrogen-bond donors (Lipinski definition) is 1. The maximum absolute atomic E-state index is 3.69. The molecule has 0 spiro atoms. The first kappa shape index (κ1) is 13.2. The Balaban J connectivity index is 2.23. The predicted octanol–water partition coefficient (Wildman–Crippen LogP) is 4.90. The fraction of sp³-hybridized carbons (Fsp3) is 0.368. The van der Waals surface area contributed by atoms with Crippen LogP contribution in [0.15, 0.2) is 48.5 Å². The summed E-state index contributed by atoms with van der Waals surface area (Å²) in [5, 5.41) is 3.69. The molecule has 0 saturated heterocycles. The molecule has 1 heteroatoms. The number of hydrogen-bond acceptors (Lipinski definition) is 1. The highest BCUT2D eigenvalue weighted by Crippen LogP contribution is 2.47. The summed E-state index contributed by atoms with van der Waals surface area (Å²) < 4.78 is 0. The van der Waals surface area contributed by atoms with Crippen molar-refractivity contribution in [2.45, 2.75) is 45.1 Å². The summed E-state index contributed by atoms with van der Waals surface area (Å²) in [6.07, 6.45) is 1.10. The maximum Gasteiger partial charge on any atom is 0.0386 e. The smallest absolute Gasteiger partial charge is 0.0386 e. The number of nitrogens with one attached hydrogen (secondary N) is 1. The average Bonchev–Trinajstić information content (AvgIpc) is 2.40. The molecule has 20 heavy (non-hydrogen) atoms. The molecule has 1 nitrogen and oxygen atoms in total. The van der Waals surface area contributed by atoms with Gasteiger partial charge in [-0.15, -0.1) is 0 Å². The molecule has 0 aliphatic carbocycles. The van der Waals surface area contributed by atoms with Gasteiger partial charge < -0.3 is 5.32 Å². The van der Waals surface area contributed by atoms with Gasteiger partial charge in [0.2, 0.25) is 0 Å². The quantitative estimate of drug-likeness (QED) is 0.773. The van der Waals surface area contributed by atoms with Crippen LogP contribution >= 0.6 is 0 Å². The molecule has 0 saturated carbocycles. The Kier molecular flexibility index (Phi) is 2.89. The van der Waals surface area contributed by atoms with Crippen LogP contribution in [0.4, 0.5) is 5.69 Å². The predicted molar refractivity (Wildman–Crippen MR) is 86.4 cm³/mol. The van der Waals surface area contributed by atoms with Crippen molar-refractivity contribution in [2.24, 2.45) is 0 Å². The summed E-state index contributed by atoms with van der Waals surface area (Å²) in [6.45, 7) is 9.13. The summed E-state index contributed by atoms with van der Waals surface area (Å²) >= 11 is 0. The van der Waals surface area contributed by atoms with Gasteiger partial charge in [0, 0.05) is 16.6 Å². The molecule has 0 amide bonds. The van der Waals surface area contributed by atoms with Crippen LogP contribution in [0.1, 0.15) is 43.9 Å². The lowest BCUT2D eigenvalue weighted by atomic mass is 9.66. The van der Waals surface area contributed by atoms with Gasteiger partial charge in [0.05, 0.1) is 0 Å². The third-order valence-corrected chi connectivity index (χ3v) is 4.45. The zero-order chi connectivity index (χ0) is 14.4. The van der Waals surface area contributed by atoms with E-state index in [-0.39, 0.29) is 11.0 Å². The molecule has 0 bridgehead atoms. The zero-order valence-electron chi connectivity index (χ0n) is 12.8. The summed E-state index contributed by atoms with van der Waals surface area (Å²) in [5.74, 6) is 0. The third-order valence-electron chi connectivity index (χ3n) is 4.45. The molecule has 0 unspecified atom stereocenters. The first-order valence-electron chi connectivity index (χ1n) is 7.36. The molecule has 1 atom stereocenters. The Labute approximate surface area is 122 Å². The van der Waals surface area contributed by atoms with Gasteiger partial charge in [0.25, 0.3) is 0 Å². The van der Waals surface area contributed by atoms with Crippen LogP contribution < -0.4 is 5.32 Å². The highest BCUT2D eigenvalue weighted by atomic mass is 15.0. The minimum absolute atomic E-state index is 0.0668. The van der Waals surface area contributed by atoms with Crippen molar-refractivity contribution >= 4 is 5.69 Å². The lowest BCUT2D eigenvalue weighted by Gasteiger charge is -2.46. The molecule has 1 heterocycles. The second-order valence-corrected chi connectivity index (χ2v) is 6.93. The summed E-state index contributed by atoms with van der Waals surface area (Å²) in [6, 6.07) is 17.7. The molecular formula is C19H23N. The van der Waals surface area contributed by atoms with Crippen LogP contribution in [0.25, 0.3) is 0 Å². The van der Waals surface area contributed by atoms with Crippen molar-refractivity contribution < 1.29 is 0 Å². The van der Waals surface area contributed by atoms with E-state index in [0.29, 0.717) is 0 Å². The Hall–Kier alpha value is -1.76. The van der Waals surface area contributed by atoms with E-state index in [0.717, 1.165) is 6.42 Å². The molecule has 1 aliphatic heterocycles. The van der Waals surface area contributed by atoms with E-state index in [1.54, 1.807) is 0 Å². The molecule has 104 valence electrons. The number of benzene rings is 2. The molecule has 1 N–H and O–H groups in total. The zero-order valence-corrected chi connectivity index (χ0v) is 12.8. The molecule has 0 aromatic heterocycles. The van der Waals surface area contributed by atoms with Gasteiger partial charge in [0.15, 0.2) is 0 Å². The summed E-state index contributed by atoms with van der Waals surface area (Å²) in [5.41, 5.74) is 5.60. The van der Waals surface area contributed by atoms with Crippen molar-refractivity contribution in [2.75, 3.05) is 5.32 Å². The van der Waals surface area contributed by atoms with Gasteiger partial charge in [-0.25, -0.2) is 0 Å². The fourth-order valence-corrected chi connectivity index (χ4v) is 3.68. The number of fused-ring (bicyclic) bond motifs is 1. The molecule has 2 aromatic rings. The molecule has 0 fully saturated rings. The third kappa shape index (κ3) is 2.11. The second kappa shape index (κ2) is 4.37. The van der Waals surface area contributed by atoms with Gasteiger partial charge in [-0.2, -0.15) is 0 Å². The molecular weight excluding hydrogens is 242 g/mol.